The second-order valence-corrected chi connectivity index (χ2v) is 4.80. The maximum atomic E-state index is 12.3. The van der Waals surface area contributed by atoms with Gasteiger partial charge in [-0.1, -0.05) is 25.1 Å². The predicted octanol–water partition coefficient (Wildman–Crippen LogP) is 3.51. The van der Waals surface area contributed by atoms with E-state index in [4.69, 9.17) is 5.11 Å². The Balaban J connectivity index is 2.24. The highest BCUT2D eigenvalue weighted by molar-refractivity contribution is 6.05. The SMILES string of the molecule is CCc1cccc(C)c1NC(=O)c1ccc(C(=O)O)cc1. The second kappa shape index (κ2) is 6.22. The molecule has 4 nitrogen and oxygen atoms in total. The van der Waals surface area contributed by atoms with Crippen molar-refractivity contribution in [2.75, 3.05) is 5.32 Å². The van der Waals surface area contributed by atoms with Crippen LogP contribution in [0, 0.1) is 6.92 Å². The first kappa shape index (κ1) is 14.8. The van der Waals surface area contributed by atoms with Gasteiger partial charge in [0.2, 0.25) is 0 Å². The van der Waals surface area contributed by atoms with E-state index in [1.807, 2.05) is 32.0 Å². The largest absolute Gasteiger partial charge is 0.478 e. The van der Waals surface area contributed by atoms with E-state index in [1.165, 1.54) is 24.3 Å². The molecule has 108 valence electrons. The van der Waals surface area contributed by atoms with Crippen LogP contribution in [-0.4, -0.2) is 17.0 Å². The van der Waals surface area contributed by atoms with Crippen LogP contribution < -0.4 is 5.32 Å². The van der Waals surface area contributed by atoms with Gasteiger partial charge < -0.3 is 10.4 Å². The summed E-state index contributed by atoms with van der Waals surface area (Å²) in [5, 5.41) is 11.8. The third-order valence-electron chi connectivity index (χ3n) is 3.37. The van der Waals surface area contributed by atoms with Crippen molar-refractivity contribution in [3.8, 4) is 0 Å². The van der Waals surface area contributed by atoms with Crippen LogP contribution in [0.5, 0.6) is 0 Å². The van der Waals surface area contributed by atoms with E-state index in [0.29, 0.717) is 5.56 Å². The van der Waals surface area contributed by atoms with E-state index in [-0.39, 0.29) is 11.5 Å². The molecule has 0 bridgehead atoms. The molecule has 0 unspecified atom stereocenters. The Kier molecular flexibility index (Phi) is 4.38. The molecule has 4 heteroatoms. The third-order valence-corrected chi connectivity index (χ3v) is 3.37. The first-order valence-electron chi connectivity index (χ1n) is 6.76. The lowest BCUT2D eigenvalue weighted by atomic mass is 10.0. The second-order valence-electron chi connectivity index (χ2n) is 4.80. The number of carboxylic acids is 1. The Labute approximate surface area is 123 Å². The van der Waals surface area contributed by atoms with E-state index in [1.54, 1.807) is 0 Å². The molecule has 0 heterocycles. The summed E-state index contributed by atoms with van der Waals surface area (Å²) in [5.41, 5.74) is 3.50. The highest BCUT2D eigenvalue weighted by Crippen LogP contribution is 2.22. The summed E-state index contributed by atoms with van der Waals surface area (Å²) in [7, 11) is 0. The maximum absolute atomic E-state index is 12.3. The molecule has 21 heavy (non-hydrogen) atoms. The van der Waals surface area contributed by atoms with Crippen LogP contribution in [-0.2, 0) is 6.42 Å². The average Bonchev–Trinajstić information content (AvgIpc) is 2.49. The Morgan fingerprint density at radius 2 is 1.67 bits per heavy atom. The van der Waals surface area contributed by atoms with E-state index in [9.17, 15) is 9.59 Å². The molecule has 0 saturated heterocycles. The normalized spacial score (nSPS) is 10.2. The van der Waals surface area contributed by atoms with Crippen molar-refractivity contribution >= 4 is 17.6 Å². The van der Waals surface area contributed by atoms with Crippen LogP contribution in [0.3, 0.4) is 0 Å². The number of carboxylic acid groups (broad SMARTS) is 1. The standard InChI is InChI=1S/C17H17NO3/c1-3-12-6-4-5-11(2)15(12)18-16(19)13-7-9-14(10-8-13)17(20)21/h4-10H,3H2,1-2H3,(H,18,19)(H,20,21). The van der Waals surface area contributed by atoms with Gasteiger partial charge in [0.25, 0.3) is 5.91 Å². The van der Waals surface area contributed by atoms with Gasteiger partial charge in [-0.15, -0.1) is 0 Å². The van der Waals surface area contributed by atoms with Gasteiger partial charge in [-0.3, -0.25) is 4.79 Å². The quantitative estimate of drug-likeness (QED) is 0.902. The molecule has 0 saturated carbocycles. The van der Waals surface area contributed by atoms with Gasteiger partial charge in [0.1, 0.15) is 0 Å². The summed E-state index contributed by atoms with van der Waals surface area (Å²) >= 11 is 0. The Hall–Kier alpha value is -2.62. The minimum absolute atomic E-state index is 0.164. The number of nitrogens with one attached hydrogen (secondary N) is 1. The summed E-state index contributed by atoms with van der Waals surface area (Å²) in [5.74, 6) is -1.25. The van der Waals surface area contributed by atoms with Crippen molar-refractivity contribution < 1.29 is 14.7 Å². The minimum atomic E-state index is -1.01. The molecule has 0 aliphatic carbocycles. The summed E-state index contributed by atoms with van der Waals surface area (Å²) in [6, 6.07) is 11.8. The molecule has 2 N–H and O–H groups in total. The summed E-state index contributed by atoms with van der Waals surface area (Å²) in [6.45, 7) is 3.98. The number of carbonyl (C=O) groups is 2. The fourth-order valence-electron chi connectivity index (χ4n) is 2.15. The van der Waals surface area contributed by atoms with E-state index in [2.05, 4.69) is 5.32 Å². The van der Waals surface area contributed by atoms with Gasteiger partial charge in [0.15, 0.2) is 0 Å². The smallest absolute Gasteiger partial charge is 0.335 e. The molecule has 0 atom stereocenters. The average molecular weight is 283 g/mol. The zero-order valence-corrected chi connectivity index (χ0v) is 12.0. The lowest BCUT2D eigenvalue weighted by Gasteiger charge is -2.13. The molecule has 0 fully saturated rings. The van der Waals surface area contributed by atoms with Crippen molar-refractivity contribution in [3.05, 3.63) is 64.7 Å². The third kappa shape index (κ3) is 3.28. The van der Waals surface area contributed by atoms with Crippen LogP contribution in [0.25, 0.3) is 0 Å². The van der Waals surface area contributed by atoms with Crippen LogP contribution in [0.15, 0.2) is 42.5 Å². The van der Waals surface area contributed by atoms with Gasteiger partial charge in [-0.25, -0.2) is 4.79 Å². The van der Waals surface area contributed by atoms with Gasteiger partial charge in [-0.2, -0.15) is 0 Å². The first-order chi connectivity index (χ1) is 10.0. The van der Waals surface area contributed by atoms with E-state index >= 15 is 0 Å². The van der Waals surface area contributed by atoms with Crippen LogP contribution in [0.2, 0.25) is 0 Å². The van der Waals surface area contributed by atoms with Crippen LogP contribution in [0.4, 0.5) is 5.69 Å². The van der Waals surface area contributed by atoms with Gasteiger partial charge in [0, 0.05) is 11.3 Å². The number of anilines is 1. The molecule has 0 aliphatic rings. The Bertz CT molecular complexity index is 675. The van der Waals surface area contributed by atoms with Crippen molar-refractivity contribution in [2.24, 2.45) is 0 Å². The van der Waals surface area contributed by atoms with Crippen molar-refractivity contribution in [2.45, 2.75) is 20.3 Å². The number of benzene rings is 2. The van der Waals surface area contributed by atoms with Crippen LogP contribution in [0.1, 0.15) is 38.8 Å². The lowest BCUT2D eigenvalue weighted by Crippen LogP contribution is -2.14. The lowest BCUT2D eigenvalue weighted by molar-refractivity contribution is 0.0696. The monoisotopic (exact) mass is 283 g/mol. The highest BCUT2D eigenvalue weighted by atomic mass is 16.4. The molecule has 0 spiro atoms. The number of hydrogen-bond donors (Lipinski definition) is 2. The molecule has 0 aliphatic heterocycles. The molecule has 2 aromatic carbocycles. The summed E-state index contributed by atoms with van der Waals surface area (Å²) in [6.07, 6.45) is 0.829. The van der Waals surface area contributed by atoms with Gasteiger partial charge in [0.05, 0.1) is 5.56 Å². The van der Waals surface area contributed by atoms with Crippen molar-refractivity contribution in [1.82, 2.24) is 0 Å². The summed E-state index contributed by atoms with van der Waals surface area (Å²) < 4.78 is 0. The fourth-order valence-corrected chi connectivity index (χ4v) is 2.15. The number of rotatable bonds is 4. The van der Waals surface area contributed by atoms with E-state index in [0.717, 1.165) is 23.2 Å². The molecular weight excluding hydrogens is 266 g/mol. The number of aryl methyl sites for hydroxylation is 2. The molecule has 2 rings (SSSR count). The maximum Gasteiger partial charge on any atom is 0.335 e. The Morgan fingerprint density at radius 1 is 1.05 bits per heavy atom. The highest BCUT2D eigenvalue weighted by Gasteiger charge is 2.11. The molecule has 1 amide bonds. The van der Waals surface area contributed by atoms with Crippen LogP contribution >= 0.6 is 0 Å². The van der Waals surface area contributed by atoms with Gasteiger partial charge >= 0.3 is 5.97 Å². The first-order valence-corrected chi connectivity index (χ1v) is 6.76. The number of carbonyl (C=O) groups excluding carboxylic acids is 1. The molecule has 2 aromatic rings. The molecule has 0 radical (unpaired) electrons. The minimum Gasteiger partial charge on any atom is -0.478 e. The number of para-hydroxylation sites is 1. The predicted molar refractivity (Wildman–Crippen MR) is 81.9 cm³/mol. The van der Waals surface area contributed by atoms with Gasteiger partial charge in [-0.05, 0) is 48.7 Å². The topological polar surface area (TPSA) is 66.4 Å². The summed E-state index contributed by atoms with van der Waals surface area (Å²) in [4.78, 5) is 23.1. The number of aromatic carboxylic acids is 1. The van der Waals surface area contributed by atoms with Crippen molar-refractivity contribution in [1.29, 1.82) is 0 Å². The number of amides is 1. The Morgan fingerprint density at radius 3 is 2.24 bits per heavy atom. The number of hydrogen-bond acceptors (Lipinski definition) is 2. The molecular formula is C17H17NO3. The zero-order chi connectivity index (χ0) is 15.4. The van der Waals surface area contributed by atoms with Crippen molar-refractivity contribution in [3.63, 3.8) is 0 Å². The van der Waals surface area contributed by atoms with E-state index < -0.39 is 5.97 Å². The molecule has 0 aromatic heterocycles. The fraction of sp³-hybridized carbons (Fsp3) is 0.176. The zero-order valence-electron chi connectivity index (χ0n) is 12.0.